The van der Waals surface area contributed by atoms with Crippen LogP contribution in [0.1, 0.15) is 0 Å². The molecule has 5 aromatic rings. The molecule has 0 unspecified atom stereocenters. The van der Waals surface area contributed by atoms with Gasteiger partial charge in [0.15, 0.2) is 0 Å². The Morgan fingerprint density at radius 1 is 0.775 bits per heavy atom. The molecule has 0 fully saturated rings. The summed E-state index contributed by atoms with van der Waals surface area (Å²) in [5.41, 5.74) is 4.37. The largest absolute Gasteiger partial charge is 0.497 e. The number of methoxy groups -OCH3 is 2. The van der Waals surface area contributed by atoms with Crippen molar-refractivity contribution in [2.75, 3.05) is 32.6 Å². The van der Waals surface area contributed by atoms with Crippen LogP contribution in [0.5, 0.6) is 11.5 Å². The number of imidazole rings is 1. The topological polar surface area (TPSA) is 118 Å². The number of rotatable bonds is 11. The first-order valence-electron chi connectivity index (χ1n) is 12.6. The van der Waals surface area contributed by atoms with Crippen molar-refractivity contribution in [2.24, 2.45) is 0 Å². The number of H-pyrrole nitrogens is 1. The van der Waals surface area contributed by atoms with E-state index in [1.54, 1.807) is 25.4 Å². The third kappa shape index (κ3) is 6.14. The molecule has 0 bridgehead atoms. The summed E-state index contributed by atoms with van der Waals surface area (Å²) < 4.78 is 38.3. The van der Waals surface area contributed by atoms with Crippen molar-refractivity contribution in [1.82, 2.24) is 19.7 Å². The standard InChI is InChI=1S/C30H29N5O4S/c1-38-24-11-13-26(14-12-24)40(36,37)33-18-17-32-27-20-23(15-16-31-27)29-28(22-9-6-10-25(19-22)39-2)34-30(35-29)21-7-4-3-5-8-21/h3-16,19-20,33H,17-18H2,1-2H3,(H,31,32)(H,34,35). The third-order valence-corrected chi connectivity index (χ3v) is 7.71. The van der Waals surface area contributed by atoms with Crippen LogP contribution in [0, 0.1) is 0 Å². The number of hydrogen-bond acceptors (Lipinski definition) is 7. The summed E-state index contributed by atoms with van der Waals surface area (Å²) in [6, 6.07) is 27.7. The molecule has 3 N–H and O–H groups in total. The van der Waals surface area contributed by atoms with Crippen molar-refractivity contribution in [3.05, 3.63) is 97.2 Å². The number of nitrogens with zero attached hydrogens (tertiary/aromatic N) is 2. The maximum absolute atomic E-state index is 12.6. The van der Waals surface area contributed by atoms with Crippen molar-refractivity contribution in [3.8, 4) is 45.4 Å². The Bertz CT molecular complexity index is 1690. The molecule has 204 valence electrons. The fourth-order valence-corrected chi connectivity index (χ4v) is 5.22. The molecule has 0 amide bonds. The molecule has 9 nitrogen and oxygen atoms in total. The number of ether oxygens (including phenoxy) is 2. The average Bonchev–Trinajstić information content (AvgIpc) is 3.46. The van der Waals surface area contributed by atoms with Crippen LogP contribution in [0.2, 0.25) is 0 Å². The third-order valence-electron chi connectivity index (χ3n) is 6.24. The summed E-state index contributed by atoms with van der Waals surface area (Å²) in [7, 11) is -0.477. The van der Waals surface area contributed by atoms with E-state index in [9.17, 15) is 8.42 Å². The lowest BCUT2D eigenvalue weighted by atomic mass is 10.1. The summed E-state index contributed by atoms with van der Waals surface area (Å²) in [6.45, 7) is 0.518. The van der Waals surface area contributed by atoms with E-state index >= 15 is 0 Å². The minimum atomic E-state index is -3.65. The van der Waals surface area contributed by atoms with Crippen LogP contribution < -0.4 is 19.5 Å². The molecular weight excluding hydrogens is 526 g/mol. The van der Waals surface area contributed by atoms with E-state index in [0.29, 0.717) is 18.1 Å². The molecule has 0 aliphatic carbocycles. The number of nitrogens with one attached hydrogen (secondary N) is 3. The zero-order valence-electron chi connectivity index (χ0n) is 22.1. The van der Waals surface area contributed by atoms with Crippen LogP contribution in [0.4, 0.5) is 5.82 Å². The quantitative estimate of drug-likeness (QED) is 0.191. The van der Waals surface area contributed by atoms with E-state index in [1.165, 1.54) is 19.2 Å². The highest BCUT2D eigenvalue weighted by Crippen LogP contribution is 2.34. The first-order chi connectivity index (χ1) is 19.5. The van der Waals surface area contributed by atoms with Crippen LogP contribution in [0.25, 0.3) is 33.9 Å². The lowest BCUT2D eigenvalue weighted by Crippen LogP contribution is -2.29. The Balaban J connectivity index is 1.35. The van der Waals surface area contributed by atoms with E-state index in [4.69, 9.17) is 14.5 Å². The van der Waals surface area contributed by atoms with Crippen molar-refractivity contribution in [2.45, 2.75) is 4.90 Å². The Hall–Kier alpha value is -4.67. The molecule has 0 saturated carbocycles. The van der Waals surface area contributed by atoms with Crippen LogP contribution in [-0.4, -0.2) is 50.7 Å². The summed E-state index contributed by atoms with van der Waals surface area (Å²) >= 11 is 0. The van der Waals surface area contributed by atoms with Crippen molar-refractivity contribution in [1.29, 1.82) is 0 Å². The summed E-state index contributed by atoms with van der Waals surface area (Å²) in [4.78, 5) is 13.0. The second-order valence-corrected chi connectivity index (χ2v) is 10.6. The Labute approximate surface area is 233 Å². The molecule has 2 heterocycles. The van der Waals surface area contributed by atoms with Crippen LogP contribution in [0.15, 0.2) is 102 Å². The smallest absolute Gasteiger partial charge is 0.240 e. The van der Waals surface area contributed by atoms with E-state index in [2.05, 4.69) is 20.0 Å². The molecular formula is C30H29N5O4S. The molecule has 2 aromatic heterocycles. The van der Waals surface area contributed by atoms with Gasteiger partial charge in [-0.2, -0.15) is 0 Å². The van der Waals surface area contributed by atoms with Crippen LogP contribution in [-0.2, 0) is 10.0 Å². The number of sulfonamides is 1. The summed E-state index contributed by atoms with van der Waals surface area (Å²) in [6.07, 6.45) is 1.71. The van der Waals surface area contributed by atoms with Crippen molar-refractivity contribution >= 4 is 15.8 Å². The first-order valence-corrected chi connectivity index (χ1v) is 14.1. The summed E-state index contributed by atoms with van der Waals surface area (Å²) in [5, 5.41) is 3.20. The molecule has 0 spiro atoms. The minimum Gasteiger partial charge on any atom is -0.497 e. The zero-order valence-corrected chi connectivity index (χ0v) is 22.9. The van der Waals surface area contributed by atoms with Gasteiger partial charge in [0, 0.05) is 36.0 Å². The normalized spacial score (nSPS) is 11.2. The monoisotopic (exact) mass is 555 g/mol. The van der Waals surface area contributed by atoms with Gasteiger partial charge >= 0.3 is 0 Å². The SMILES string of the molecule is COc1ccc(S(=O)(=O)NCCNc2cc(-c3[nH]c(-c4ccccc4)nc3-c3cccc(OC)c3)ccn2)cc1. The van der Waals surface area contributed by atoms with Crippen molar-refractivity contribution in [3.63, 3.8) is 0 Å². The van der Waals surface area contributed by atoms with Crippen LogP contribution >= 0.6 is 0 Å². The maximum atomic E-state index is 12.6. The average molecular weight is 556 g/mol. The minimum absolute atomic E-state index is 0.173. The van der Waals surface area contributed by atoms with Crippen molar-refractivity contribution < 1.29 is 17.9 Å². The fourth-order valence-electron chi connectivity index (χ4n) is 4.19. The molecule has 0 aliphatic rings. The second kappa shape index (κ2) is 12.0. The predicted octanol–water partition coefficient (Wildman–Crippen LogP) is 5.21. The number of anilines is 1. The van der Waals surface area contributed by atoms with Gasteiger partial charge in [-0.15, -0.1) is 0 Å². The molecule has 0 radical (unpaired) electrons. The highest BCUT2D eigenvalue weighted by molar-refractivity contribution is 7.89. The van der Waals surface area contributed by atoms with Gasteiger partial charge in [-0.1, -0.05) is 42.5 Å². The van der Waals surface area contributed by atoms with E-state index in [-0.39, 0.29) is 11.4 Å². The van der Waals surface area contributed by atoms with Gasteiger partial charge in [0.2, 0.25) is 10.0 Å². The van der Waals surface area contributed by atoms with Gasteiger partial charge in [-0.25, -0.2) is 23.1 Å². The Morgan fingerprint density at radius 3 is 2.27 bits per heavy atom. The second-order valence-electron chi connectivity index (χ2n) is 8.84. The number of hydrogen-bond donors (Lipinski definition) is 3. The maximum Gasteiger partial charge on any atom is 0.240 e. The zero-order chi connectivity index (χ0) is 28.0. The van der Waals surface area contributed by atoms with Crippen LogP contribution in [0.3, 0.4) is 0 Å². The molecule has 0 aliphatic heterocycles. The highest BCUT2D eigenvalue weighted by atomic mass is 32.2. The van der Waals surface area contributed by atoms with Gasteiger partial charge in [0.05, 0.1) is 30.5 Å². The van der Waals surface area contributed by atoms with E-state index < -0.39 is 10.0 Å². The molecule has 10 heteroatoms. The van der Waals surface area contributed by atoms with E-state index in [1.807, 2.05) is 66.7 Å². The lowest BCUT2D eigenvalue weighted by Gasteiger charge is -2.10. The molecule has 3 aromatic carbocycles. The fraction of sp³-hybridized carbons (Fsp3) is 0.133. The predicted molar refractivity (Wildman–Crippen MR) is 156 cm³/mol. The van der Waals surface area contributed by atoms with Gasteiger partial charge < -0.3 is 19.8 Å². The molecule has 0 saturated heterocycles. The number of aromatic amines is 1. The van der Waals surface area contributed by atoms with Gasteiger partial charge in [0.25, 0.3) is 0 Å². The Kier molecular flexibility index (Phi) is 8.09. The van der Waals surface area contributed by atoms with Gasteiger partial charge in [-0.3, -0.25) is 0 Å². The highest BCUT2D eigenvalue weighted by Gasteiger charge is 2.17. The van der Waals surface area contributed by atoms with Gasteiger partial charge in [-0.05, 0) is 48.5 Å². The number of aromatic nitrogens is 3. The molecule has 40 heavy (non-hydrogen) atoms. The van der Waals surface area contributed by atoms with E-state index in [0.717, 1.165) is 39.7 Å². The number of benzene rings is 3. The Morgan fingerprint density at radius 2 is 1.52 bits per heavy atom. The summed E-state index contributed by atoms with van der Waals surface area (Å²) in [5.74, 6) is 2.68. The first kappa shape index (κ1) is 26.9. The number of pyridine rings is 1. The molecule has 0 atom stereocenters. The lowest BCUT2D eigenvalue weighted by molar-refractivity contribution is 0.414. The molecule has 5 rings (SSSR count). The van der Waals surface area contributed by atoms with Gasteiger partial charge in [0.1, 0.15) is 23.1 Å².